The summed E-state index contributed by atoms with van der Waals surface area (Å²) in [6.45, 7) is 7.43. The van der Waals surface area contributed by atoms with Crippen LogP contribution in [0.25, 0.3) is 0 Å². The van der Waals surface area contributed by atoms with Crippen LogP contribution in [0, 0.1) is 0 Å². The minimum absolute atomic E-state index is 0.102. The van der Waals surface area contributed by atoms with Gasteiger partial charge < -0.3 is 5.32 Å². The molecule has 0 amide bonds. The molecule has 1 rings (SSSR count). The lowest BCUT2D eigenvalue weighted by atomic mass is 10.1. The van der Waals surface area contributed by atoms with Gasteiger partial charge in [-0.15, -0.1) is 0 Å². The summed E-state index contributed by atoms with van der Waals surface area (Å²) >= 11 is 0. The van der Waals surface area contributed by atoms with Crippen molar-refractivity contribution < 1.29 is 8.42 Å². The molecule has 5 nitrogen and oxygen atoms in total. The minimum Gasteiger partial charge on any atom is -0.317 e. The Bertz CT molecular complexity index is 327. The minimum atomic E-state index is -3.38. The van der Waals surface area contributed by atoms with Gasteiger partial charge in [0.15, 0.2) is 0 Å². The van der Waals surface area contributed by atoms with Crippen LogP contribution in [-0.2, 0) is 10.2 Å². The maximum Gasteiger partial charge on any atom is 0.279 e. The van der Waals surface area contributed by atoms with Crippen molar-refractivity contribution in [3.05, 3.63) is 0 Å². The largest absolute Gasteiger partial charge is 0.317 e. The highest BCUT2D eigenvalue weighted by Gasteiger charge is 2.29. The van der Waals surface area contributed by atoms with E-state index in [1.165, 1.54) is 4.31 Å². The molecule has 1 aliphatic rings. The highest BCUT2D eigenvalue weighted by Crippen LogP contribution is 2.16. The molecule has 1 saturated heterocycles. The standard InChI is InChI=1S/C11H25N3O2S/c1-11(2,3)13-17(15,16)14(4)10-6-5-8-12-9-7-10/h10,12-13H,5-9H2,1-4H3. The summed E-state index contributed by atoms with van der Waals surface area (Å²) in [5.74, 6) is 0. The van der Waals surface area contributed by atoms with Crippen LogP contribution in [0.3, 0.4) is 0 Å². The highest BCUT2D eigenvalue weighted by molar-refractivity contribution is 7.87. The van der Waals surface area contributed by atoms with Gasteiger partial charge in [-0.05, 0) is 53.1 Å². The van der Waals surface area contributed by atoms with E-state index in [9.17, 15) is 8.42 Å². The summed E-state index contributed by atoms with van der Waals surface area (Å²) in [5, 5.41) is 3.29. The van der Waals surface area contributed by atoms with Gasteiger partial charge in [0.25, 0.3) is 10.2 Å². The van der Waals surface area contributed by atoms with E-state index in [-0.39, 0.29) is 6.04 Å². The molecule has 0 aromatic heterocycles. The molecule has 6 heteroatoms. The number of rotatable bonds is 3. The summed E-state index contributed by atoms with van der Waals surface area (Å²) in [4.78, 5) is 0. The van der Waals surface area contributed by atoms with E-state index in [1.54, 1.807) is 7.05 Å². The van der Waals surface area contributed by atoms with Crippen LogP contribution in [0.5, 0.6) is 0 Å². The molecule has 1 aliphatic heterocycles. The highest BCUT2D eigenvalue weighted by atomic mass is 32.2. The average Bonchev–Trinajstić information content (AvgIpc) is 2.40. The predicted octanol–water partition coefficient (Wildman–Crippen LogP) is 0.693. The normalized spacial score (nSPS) is 23.7. The van der Waals surface area contributed by atoms with Gasteiger partial charge in [0, 0.05) is 18.6 Å². The summed E-state index contributed by atoms with van der Waals surface area (Å²) < 4.78 is 28.5. The zero-order valence-corrected chi connectivity index (χ0v) is 12.1. The second-order valence-corrected chi connectivity index (χ2v) is 7.44. The third kappa shape index (κ3) is 4.91. The molecule has 1 heterocycles. The lowest BCUT2D eigenvalue weighted by Crippen LogP contribution is -2.50. The fraction of sp³-hybridized carbons (Fsp3) is 1.00. The summed E-state index contributed by atoms with van der Waals surface area (Å²) in [6.07, 6.45) is 2.83. The quantitative estimate of drug-likeness (QED) is 0.787. The molecule has 0 spiro atoms. The van der Waals surface area contributed by atoms with Crippen molar-refractivity contribution in [2.75, 3.05) is 20.1 Å². The third-order valence-corrected chi connectivity index (χ3v) is 4.80. The maximum absolute atomic E-state index is 12.2. The van der Waals surface area contributed by atoms with Gasteiger partial charge in [0.2, 0.25) is 0 Å². The molecule has 102 valence electrons. The lowest BCUT2D eigenvalue weighted by Gasteiger charge is -2.30. The van der Waals surface area contributed by atoms with Crippen LogP contribution in [0.4, 0.5) is 0 Å². The van der Waals surface area contributed by atoms with E-state index >= 15 is 0 Å². The van der Waals surface area contributed by atoms with Crippen molar-refractivity contribution >= 4 is 10.2 Å². The molecule has 0 bridgehead atoms. The SMILES string of the molecule is CN(C1CCCNCC1)S(=O)(=O)NC(C)(C)C. The Balaban J connectivity index is 2.69. The first kappa shape index (κ1) is 14.9. The van der Waals surface area contributed by atoms with Crippen molar-refractivity contribution in [1.29, 1.82) is 0 Å². The van der Waals surface area contributed by atoms with Crippen LogP contribution < -0.4 is 10.0 Å². The van der Waals surface area contributed by atoms with Crippen LogP contribution in [0.1, 0.15) is 40.0 Å². The van der Waals surface area contributed by atoms with Gasteiger partial charge in [-0.2, -0.15) is 17.4 Å². The van der Waals surface area contributed by atoms with Crippen LogP contribution in [-0.4, -0.2) is 44.4 Å². The summed E-state index contributed by atoms with van der Waals surface area (Å²) in [7, 11) is -1.71. The van der Waals surface area contributed by atoms with Gasteiger partial charge in [0.05, 0.1) is 0 Å². The van der Waals surface area contributed by atoms with E-state index in [0.29, 0.717) is 0 Å². The molecule has 1 unspecified atom stereocenters. The number of hydrogen-bond donors (Lipinski definition) is 2. The zero-order valence-electron chi connectivity index (χ0n) is 11.3. The predicted molar refractivity (Wildman–Crippen MR) is 70.1 cm³/mol. The van der Waals surface area contributed by atoms with Crippen molar-refractivity contribution in [2.45, 2.75) is 51.6 Å². The fourth-order valence-electron chi connectivity index (χ4n) is 2.02. The van der Waals surface area contributed by atoms with E-state index in [1.807, 2.05) is 20.8 Å². The smallest absolute Gasteiger partial charge is 0.279 e. The van der Waals surface area contributed by atoms with Crippen LogP contribution in [0.2, 0.25) is 0 Å². The number of nitrogens with zero attached hydrogens (tertiary/aromatic N) is 1. The second-order valence-electron chi connectivity index (χ2n) is 5.71. The molecule has 0 aromatic rings. The van der Waals surface area contributed by atoms with Crippen LogP contribution in [0.15, 0.2) is 0 Å². The molecule has 1 fully saturated rings. The van der Waals surface area contributed by atoms with Gasteiger partial charge in [-0.1, -0.05) is 0 Å². The number of nitrogens with one attached hydrogen (secondary N) is 2. The van der Waals surface area contributed by atoms with E-state index in [4.69, 9.17) is 0 Å². The Morgan fingerprint density at radius 2 is 1.88 bits per heavy atom. The Morgan fingerprint density at radius 1 is 1.24 bits per heavy atom. The Labute approximate surface area is 105 Å². The van der Waals surface area contributed by atoms with E-state index in [2.05, 4.69) is 10.0 Å². The molecule has 0 radical (unpaired) electrons. The third-order valence-electron chi connectivity index (χ3n) is 2.87. The zero-order chi connectivity index (χ0) is 13.1. The van der Waals surface area contributed by atoms with E-state index in [0.717, 1.165) is 32.4 Å². The molecule has 1 atom stereocenters. The Morgan fingerprint density at radius 3 is 2.47 bits per heavy atom. The summed E-state index contributed by atoms with van der Waals surface area (Å²) in [6, 6.07) is 0.102. The summed E-state index contributed by atoms with van der Waals surface area (Å²) in [5.41, 5.74) is -0.434. The second kappa shape index (κ2) is 5.65. The van der Waals surface area contributed by atoms with Gasteiger partial charge in [-0.25, -0.2) is 0 Å². The molecule has 0 saturated carbocycles. The Hall–Kier alpha value is -0.170. The average molecular weight is 263 g/mol. The first-order valence-corrected chi connectivity index (χ1v) is 7.64. The van der Waals surface area contributed by atoms with Crippen LogP contribution >= 0.6 is 0 Å². The maximum atomic E-state index is 12.2. The van der Waals surface area contributed by atoms with E-state index < -0.39 is 15.7 Å². The van der Waals surface area contributed by atoms with Crippen molar-refractivity contribution in [3.63, 3.8) is 0 Å². The van der Waals surface area contributed by atoms with Crippen molar-refractivity contribution in [3.8, 4) is 0 Å². The number of hydrogen-bond acceptors (Lipinski definition) is 3. The molecule has 0 aromatic carbocycles. The van der Waals surface area contributed by atoms with Gasteiger partial charge in [-0.3, -0.25) is 0 Å². The molecule has 2 N–H and O–H groups in total. The van der Waals surface area contributed by atoms with Crippen molar-refractivity contribution in [2.24, 2.45) is 0 Å². The topological polar surface area (TPSA) is 61.4 Å². The van der Waals surface area contributed by atoms with Crippen molar-refractivity contribution in [1.82, 2.24) is 14.3 Å². The molecule has 0 aliphatic carbocycles. The lowest BCUT2D eigenvalue weighted by molar-refractivity contribution is 0.328. The first-order chi connectivity index (χ1) is 7.72. The molecular weight excluding hydrogens is 238 g/mol. The fourth-order valence-corrected chi connectivity index (χ4v) is 3.54. The molecular formula is C11H25N3O2S. The van der Waals surface area contributed by atoms with Gasteiger partial charge in [0.1, 0.15) is 0 Å². The first-order valence-electron chi connectivity index (χ1n) is 6.20. The van der Waals surface area contributed by atoms with Gasteiger partial charge >= 0.3 is 0 Å². The Kier molecular flexibility index (Phi) is 4.95. The monoisotopic (exact) mass is 263 g/mol. The molecule has 17 heavy (non-hydrogen) atoms.